The third-order valence-electron chi connectivity index (χ3n) is 7.97. The Kier molecular flexibility index (Phi) is 9.83. The summed E-state index contributed by atoms with van der Waals surface area (Å²) in [5.74, 6) is 2.04. The van der Waals surface area contributed by atoms with Gasteiger partial charge in [0.2, 0.25) is 17.1 Å². The van der Waals surface area contributed by atoms with Gasteiger partial charge in [-0.3, -0.25) is 0 Å². The maximum Gasteiger partial charge on any atom is 0.673 e. The summed E-state index contributed by atoms with van der Waals surface area (Å²) in [6.07, 6.45) is -0.282. The second kappa shape index (κ2) is 13.7. The molecule has 1 aliphatic rings. The topological polar surface area (TPSA) is 59.3 Å². The van der Waals surface area contributed by atoms with E-state index in [9.17, 15) is 17.3 Å². The maximum absolute atomic E-state index is 9.75. The van der Waals surface area contributed by atoms with Crippen LogP contribution in [-0.4, -0.2) is 48.1 Å². The van der Waals surface area contributed by atoms with Crippen LogP contribution in [0, 0.1) is 0 Å². The molecule has 47 heavy (non-hydrogen) atoms. The summed E-state index contributed by atoms with van der Waals surface area (Å²) in [7, 11) is 0.722. The summed E-state index contributed by atoms with van der Waals surface area (Å²) in [5, 5.41) is 1.80. The standard InChI is InChI=1S/C35H36NO6.BF4/c1-35(2)41-21-25(34(42-35)22-13-8-7-9-14-22)36-23-15-10-17-26(37-3)30(23)33(31-24(36)16-11-18-27(31)38-4)32-28(39-5)19-12-20-29(32)40-6;2-1(3,4)5/h7-20,25,34H,21H2,1-6H3;/q+1;-1/t25-,34-;/m0./s1. The Labute approximate surface area is 270 Å². The normalized spacial score (nSPS) is 17.5. The van der Waals surface area contributed by atoms with Crippen LogP contribution >= 0.6 is 0 Å². The van der Waals surface area contributed by atoms with Gasteiger partial charge in [-0.15, -0.1) is 0 Å². The third kappa shape index (κ3) is 6.94. The van der Waals surface area contributed by atoms with Crippen molar-refractivity contribution in [2.24, 2.45) is 0 Å². The van der Waals surface area contributed by atoms with Gasteiger partial charge in [0.25, 0.3) is 0 Å². The first-order chi connectivity index (χ1) is 22.4. The van der Waals surface area contributed by atoms with Gasteiger partial charge in [0.05, 0.1) is 44.8 Å². The Morgan fingerprint density at radius 2 is 1.09 bits per heavy atom. The van der Waals surface area contributed by atoms with Crippen LogP contribution in [0.3, 0.4) is 0 Å². The smallest absolute Gasteiger partial charge is 0.496 e. The first-order valence-corrected chi connectivity index (χ1v) is 14.9. The summed E-state index contributed by atoms with van der Waals surface area (Å²) >= 11 is 0. The van der Waals surface area contributed by atoms with E-state index in [0.717, 1.165) is 38.5 Å². The molecule has 1 aliphatic heterocycles. The van der Waals surface area contributed by atoms with Gasteiger partial charge in [0.1, 0.15) is 35.7 Å². The van der Waals surface area contributed by atoms with E-state index in [-0.39, 0.29) is 12.1 Å². The molecule has 0 amide bonds. The molecule has 7 nitrogen and oxygen atoms in total. The van der Waals surface area contributed by atoms with E-state index in [1.807, 2.05) is 74.5 Å². The highest BCUT2D eigenvalue weighted by Crippen LogP contribution is 2.50. The molecule has 0 aliphatic carbocycles. The monoisotopic (exact) mass is 653 g/mol. The highest BCUT2D eigenvalue weighted by molar-refractivity contribution is 6.50. The molecule has 5 aromatic rings. The number of halogens is 4. The molecule has 248 valence electrons. The zero-order chi connectivity index (χ0) is 33.9. The Balaban J connectivity index is 0.000000807. The fraction of sp³-hybridized carbons (Fsp3) is 0.286. The predicted octanol–water partition coefficient (Wildman–Crippen LogP) is 8.35. The Morgan fingerprint density at radius 3 is 1.55 bits per heavy atom. The van der Waals surface area contributed by atoms with Crippen molar-refractivity contribution in [1.82, 2.24) is 0 Å². The predicted molar refractivity (Wildman–Crippen MR) is 173 cm³/mol. The number of nitrogens with zero attached hydrogens (tertiary/aromatic N) is 1. The average Bonchev–Trinajstić information content (AvgIpc) is 3.05. The van der Waals surface area contributed by atoms with Gasteiger partial charge in [0.15, 0.2) is 5.79 Å². The maximum atomic E-state index is 9.75. The van der Waals surface area contributed by atoms with Gasteiger partial charge in [-0.25, -0.2) is 0 Å². The molecule has 0 N–H and O–H groups in total. The Morgan fingerprint density at radius 1 is 0.638 bits per heavy atom. The molecule has 6 rings (SSSR count). The van der Waals surface area contributed by atoms with Crippen LogP contribution in [0.1, 0.15) is 31.6 Å². The summed E-state index contributed by atoms with van der Waals surface area (Å²) in [4.78, 5) is 0. The molecule has 1 fully saturated rings. The molecule has 0 saturated carbocycles. The van der Waals surface area contributed by atoms with Crippen molar-refractivity contribution in [3.8, 4) is 34.1 Å². The molecule has 0 spiro atoms. The second-order valence-corrected chi connectivity index (χ2v) is 11.2. The van der Waals surface area contributed by atoms with Gasteiger partial charge in [0, 0.05) is 17.7 Å². The van der Waals surface area contributed by atoms with E-state index in [1.165, 1.54) is 0 Å². The molecule has 1 saturated heterocycles. The summed E-state index contributed by atoms with van der Waals surface area (Å²) in [6.45, 7) is 4.36. The van der Waals surface area contributed by atoms with Gasteiger partial charge in [-0.05, 0) is 43.7 Å². The van der Waals surface area contributed by atoms with Crippen molar-refractivity contribution < 1.29 is 50.3 Å². The number of ether oxygens (including phenoxy) is 6. The van der Waals surface area contributed by atoms with Gasteiger partial charge < -0.3 is 45.7 Å². The molecule has 1 aromatic heterocycles. The number of rotatable bonds is 7. The van der Waals surface area contributed by atoms with E-state index in [2.05, 4.69) is 28.8 Å². The highest BCUT2D eigenvalue weighted by atomic mass is 19.5. The third-order valence-corrected chi connectivity index (χ3v) is 7.97. The number of aromatic nitrogens is 1. The van der Waals surface area contributed by atoms with Crippen LogP contribution in [0.4, 0.5) is 17.3 Å². The minimum absolute atomic E-state index is 0.210. The summed E-state index contributed by atoms with van der Waals surface area (Å²) in [6, 6.07) is 28.1. The van der Waals surface area contributed by atoms with Crippen molar-refractivity contribution in [3.05, 3.63) is 90.5 Å². The molecule has 4 aromatic carbocycles. The molecule has 0 unspecified atom stereocenters. The zero-order valence-electron chi connectivity index (χ0n) is 26.9. The second-order valence-electron chi connectivity index (χ2n) is 11.2. The number of methoxy groups -OCH3 is 4. The largest absolute Gasteiger partial charge is 0.673 e. The van der Waals surface area contributed by atoms with E-state index < -0.39 is 13.0 Å². The lowest BCUT2D eigenvalue weighted by Crippen LogP contribution is -2.53. The summed E-state index contributed by atoms with van der Waals surface area (Å²) < 4.78 is 78.3. The number of benzene rings is 4. The Hall–Kier alpha value is -4.55. The van der Waals surface area contributed by atoms with Crippen molar-refractivity contribution >= 4 is 29.1 Å². The van der Waals surface area contributed by atoms with Crippen molar-refractivity contribution in [1.29, 1.82) is 0 Å². The van der Waals surface area contributed by atoms with Crippen LogP contribution < -0.4 is 23.5 Å². The van der Waals surface area contributed by atoms with Crippen molar-refractivity contribution in [2.45, 2.75) is 31.8 Å². The van der Waals surface area contributed by atoms with Crippen LogP contribution in [0.5, 0.6) is 23.0 Å². The number of pyridine rings is 1. The molecular weight excluding hydrogens is 617 g/mol. The van der Waals surface area contributed by atoms with Crippen LogP contribution in [-0.2, 0) is 9.47 Å². The quantitative estimate of drug-likeness (QED) is 0.0762. The average molecular weight is 653 g/mol. The first-order valence-electron chi connectivity index (χ1n) is 14.9. The molecule has 2 atom stereocenters. The molecule has 12 heteroatoms. The van der Waals surface area contributed by atoms with Gasteiger partial charge >= 0.3 is 7.25 Å². The van der Waals surface area contributed by atoms with Crippen molar-refractivity contribution in [2.75, 3.05) is 35.0 Å². The molecule has 0 radical (unpaired) electrons. The fourth-order valence-electron chi connectivity index (χ4n) is 6.18. The lowest BCUT2D eigenvalue weighted by atomic mass is 9.91. The Bertz CT molecular complexity index is 1780. The SMILES string of the molecule is COc1cccc(OC)c1-c1c2c(OC)cccc2[n+]([C@H]2COC(C)(C)O[C@H]2c2ccccc2)c2cccc(OC)c12.F[B-](F)(F)F. The molecule has 2 heterocycles. The van der Waals surface area contributed by atoms with E-state index >= 15 is 0 Å². The minimum Gasteiger partial charge on any atom is -0.496 e. The molecule has 0 bridgehead atoms. The van der Waals surface area contributed by atoms with Crippen LogP contribution in [0.25, 0.3) is 32.9 Å². The van der Waals surface area contributed by atoms with Gasteiger partial charge in [-0.1, -0.05) is 48.5 Å². The van der Waals surface area contributed by atoms with E-state index in [1.54, 1.807) is 28.4 Å². The summed E-state index contributed by atoms with van der Waals surface area (Å²) in [5.41, 5.74) is 4.70. The number of hydrogen-bond donors (Lipinski definition) is 0. The zero-order valence-corrected chi connectivity index (χ0v) is 26.9. The van der Waals surface area contributed by atoms with Crippen LogP contribution in [0.2, 0.25) is 0 Å². The first kappa shape index (κ1) is 33.8. The van der Waals surface area contributed by atoms with Crippen LogP contribution in [0.15, 0.2) is 84.9 Å². The molecular formula is C35H36BF4NO6. The highest BCUT2D eigenvalue weighted by Gasteiger charge is 2.45. The fourth-order valence-corrected chi connectivity index (χ4v) is 6.18. The van der Waals surface area contributed by atoms with Gasteiger partial charge in [-0.2, -0.15) is 4.57 Å². The minimum atomic E-state index is -6.00. The number of fused-ring (bicyclic) bond motifs is 2. The lowest BCUT2D eigenvalue weighted by Gasteiger charge is -2.39. The van der Waals surface area contributed by atoms with E-state index in [4.69, 9.17) is 28.4 Å². The number of hydrogen-bond acceptors (Lipinski definition) is 6. The van der Waals surface area contributed by atoms with Crippen molar-refractivity contribution in [3.63, 3.8) is 0 Å². The lowest BCUT2D eigenvalue weighted by molar-refractivity contribution is -0.697. The van der Waals surface area contributed by atoms with E-state index in [0.29, 0.717) is 29.6 Å².